The molecule has 0 aromatic heterocycles. The third-order valence-electron chi connectivity index (χ3n) is 3.53. The van der Waals surface area contributed by atoms with E-state index in [0.717, 1.165) is 11.3 Å². The maximum absolute atomic E-state index is 12.9. The molecule has 2 amide bonds. The van der Waals surface area contributed by atoms with Crippen molar-refractivity contribution in [3.8, 4) is 0 Å². The monoisotopic (exact) mass is 428 g/mol. The minimum atomic E-state index is -0.265. The Labute approximate surface area is 161 Å². The number of halogens is 3. The largest absolute Gasteiger partial charge is 0.327 e. The average Bonchev–Trinajstić information content (AvgIpc) is 2.54. The fraction of sp³-hybridized carbons (Fsp3) is 0.278. The van der Waals surface area contributed by atoms with Gasteiger partial charge in [0.1, 0.15) is 0 Å². The molecule has 2 unspecified atom stereocenters. The summed E-state index contributed by atoms with van der Waals surface area (Å²) in [5.74, 6) is 0.471. The van der Waals surface area contributed by atoms with Crippen LogP contribution >= 0.6 is 39.1 Å². The predicted molar refractivity (Wildman–Crippen MR) is 107 cm³/mol. The van der Waals surface area contributed by atoms with Gasteiger partial charge in [0.25, 0.3) is 0 Å². The summed E-state index contributed by atoms with van der Waals surface area (Å²) >= 11 is 15.7. The molecule has 2 aromatic rings. The highest BCUT2D eigenvalue weighted by atomic mass is 79.9. The van der Waals surface area contributed by atoms with E-state index in [1.807, 2.05) is 50.2 Å². The number of carbonyl (C=O) groups is 1. The van der Waals surface area contributed by atoms with Gasteiger partial charge in [0.15, 0.2) is 0 Å². The van der Waals surface area contributed by atoms with Gasteiger partial charge in [-0.15, -0.1) is 11.6 Å². The van der Waals surface area contributed by atoms with E-state index < -0.39 is 0 Å². The number of aryl methyl sites for hydroxylation is 1. The minimum absolute atomic E-state index is 0.0499. The van der Waals surface area contributed by atoms with Crippen LogP contribution in [-0.4, -0.2) is 16.9 Å². The Kier molecular flexibility index (Phi) is 6.96. The number of nitrogens with zero attached hydrogens (tertiary/aromatic N) is 1. The fourth-order valence-electron chi connectivity index (χ4n) is 2.23. The lowest BCUT2D eigenvalue weighted by Gasteiger charge is -2.31. The summed E-state index contributed by atoms with van der Waals surface area (Å²) in [7, 11) is 0. The van der Waals surface area contributed by atoms with Gasteiger partial charge in [-0.2, -0.15) is 0 Å². The second-order valence-corrected chi connectivity index (χ2v) is 7.34. The zero-order valence-electron chi connectivity index (χ0n) is 13.5. The van der Waals surface area contributed by atoms with Crippen LogP contribution in [-0.2, 0) is 0 Å². The Balaban J connectivity index is 2.32. The Hall–Kier alpha value is -1.23. The standard InChI is InChI=1S/C18H19BrCl2N2O/c1-12-5-3-7-15(9-12)22-18(24)23(17(19)13(2)11-20)16-8-4-6-14(21)10-16/h3-10,13,17H,11H2,1-2H3,(H,22,24). The van der Waals surface area contributed by atoms with Crippen molar-refractivity contribution in [3.63, 3.8) is 0 Å². The number of hydrogen-bond acceptors (Lipinski definition) is 1. The van der Waals surface area contributed by atoms with Gasteiger partial charge in [0, 0.05) is 28.2 Å². The molecule has 0 radical (unpaired) electrons. The molecule has 0 aliphatic carbocycles. The van der Waals surface area contributed by atoms with Crippen LogP contribution in [0.5, 0.6) is 0 Å². The number of benzene rings is 2. The SMILES string of the molecule is Cc1cccc(NC(=O)N(c2cccc(Cl)c2)C(Br)C(C)CCl)c1. The number of nitrogens with one attached hydrogen (secondary N) is 1. The van der Waals surface area contributed by atoms with E-state index in [1.54, 1.807) is 17.0 Å². The molecule has 0 bridgehead atoms. The lowest BCUT2D eigenvalue weighted by atomic mass is 10.2. The van der Waals surface area contributed by atoms with Crippen molar-refractivity contribution in [2.24, 2.45) is 5.92 Å². The molecule has 0 spiro atoms. The first-order valence-electron chi connectivity index (χ1n) is 7.55. The van der Waals surface area contributed by atoms with Crippen LogP contribution in [0.25, 0.3) is 0 Å². The van der Waals surface area contributed by atoms with Crippen LogP contribution in [0.3, 0.4) is 0 Å². The van der Waals surface area contributed by atoms with Crippen LogP contribution in [0.2, 0.25) is 5.02 Å². The second-order valence-electron chi connectivity index (χ2n) is 5.65. The number of alkyl halides is 2. The van der Waals surface area contributed by atoms with Gasteiger partial charge in [-0.25, -0.2) is 4.79 Å². The van der Waals surface area contributed by atoms with Gasteiger partial charge in [0.05, 0.1) is 4.95 Å². The molecule has 0 aliphatic rings. The van der Waals surface area contributed by atoms with Crippen LogP contribution in [0.4, 0.5) is 16.2 Å². The maximum atomic E-state index is 12.9. The molecule has 6 heteroatoms. The quantitative estimate of drug-likeness (QED) is 0.440. The highest BCUT2D eigenvalue weighted by Gasteiger charge is 2.27. The third-order valence-corrected chi connectivity index (χ3v) is 5.57. The van der Waals surface area contributed by atoms with E-state index in [4.69, 9.17) is 23.2 Å². The van der Waals surface area contributed by atoms with Crippen molar-refractivity contribution >= 4 is 56.5 Å². The van der Waals surface area contributed by atoms with Gasteiger partial charge >= 0.3 is 6.03 Å². The smallest absolute Gasteiger partial charge is 0.308 e. The second kappa shape index (κ2) is 8.75. The lowest BCUT2D eigenvalue weighted by Crippen LogP contribution is -2.43. The predicted octanol–water partition coefficient (Wildman–Crippen LogP) is 6.28. The third kappa shape index (κ3) is 4.88. The molecule has 3 nitrogen and oxygen atoms in total. The maximum Gasteiger partial charge on any atom is 0.327 e. The Morgan fingerprint density at radius 2 is 1.96 bits per heavy atom. The molecular weight excluding hydrogens is 411 g/mol. The van der Waals surface area contributed by atoms with E-state index in [9.17, 15) is 4.79 Å². The van der Waals surface area contributed by atoms with E-state index in [0.29, 0.717) is 16.6 Å². The molecule has 24 heavy (non-hydrogen) atoms. The summed E-state index contributed by atoms with van der Waals surface area (Å²) in [6.45, 7) is 3.96. The molecule has 0 aliphatic heterocycles. The average molecular weight is 430 g/mol. The van der Waals surface area contributed by atoms with Crippen molar-refractivity contribution in [1.29, 1.82) is 0 Å². The molecule has 2 rings (SSSR count). The Morgan fingerprint density at radius 3 is 2.58 bits per heavy atom. The molecule has 0 fully saturated rings. The van der Waals surface area contributed by atoms with Crippen molar-refractivity contribution < 1.29 is 4.79 Å². The zero-order chi connectivity index (χ0) is 17.7. The van der Waals surface area contributed by atoms with Crippen molar-refractivity contribution in [2.45, 2.75) is 18.8 Å². The first-order valence-corrected chi connectivity index (χ1v) is 9.37. The number of amides is 2. The van der Waals surface area contributed by atoms with Gasteiger partial charge in [-0.05, 0) is 42.8 Å². The van der Waals surface area contributed by atoms with Gasteiger partial charge in [-0.1, -0.05) is 52.7 Å². The first-order chi connectivity index (χ1) is 11.4. The van der Waals surface area contributed by atoms with E-state index >= 15 is 0 Å². The van der Waals surface area contributed by atoms with E-state index in [1.165, 1.54) is 0 Å². The molecule has 1 N–H and O–H groups in total. The summed E-state index contributed by atoms with van der Waals surface area (Å²) in [5, 5.41) is 3.50. The van der Waals surface area contributed by atoms with E-state index in [-0.39, 0.29) is 16.9 Å². The van der Waals surface area contributed by atoms with Crippen molar-refractivity contribution in [2.75, 3.05) is 16.1 Å². The lowest BCUT2D eigenvalue weighted by molar-refractivity contribution is 0.255. The fourth-order valence-corrected chi connectivity index (χ4v) is 3.41. The van der Waals surface area contributed by atoms with Gasteiger partial charge < -0.3 is 5.32 Å². The van der Waals surface area contributed by atoms with Gasteiger partial charge in [-0.3, -0.25) is 4.90 Å². The van der Waals surface area contributed by atoms with Crippen LogP contribution in [0.15, 0.2) is 48.5 Å². The van der Waals surface area contributed by atoms with Crippen LogP contribution in [0, 0.1) is 12.8 Å². The van der Waals surface area contributed by atoms with Crippen LogP contribution in [0.1, 0.15) is 12.5 Å². The molecule has 0 heterocycles. The summed E-state index contributed by atoms with van der Waals surface area (Å²) in [4.78, 5) is 14.3. The molecule has 128 valence electrons. The van der Waals surface area contributed by atoms with E-state index in [2.05, 4.69) is 21.2 Å². The molecular formula is C18H19BrCl2N2O. The number of urea groups is 1. The van der Waals surface area contributed by atoms with Crippen LogP contribution < -0.4 is 10.2 Å². The van der Waals surface area contributed by atoms with Crippen molar-refractivity contribution in [1.82, 2.24) is 0 Å². The summed E-state index contributed by atoms with van der Waals surface area (Å²) in [6, 6.07) is 14.6. The number of rotatable bonds is 5. The number of hydrogen-bond donors (Lipinski definition) is 1. The Bertz CT molecular complexity index is 711. The summed E-state index contributed by atoms with van der Waals surface area (Å²) < 4.78 is 0. The number of anilines is 2. The minimum Gasteiger partial charge on any atom is -0.308 e. The number of carbonyl (C=O) groups excluding carboxylic acids is 1. The molecule has 0 saturated carbocycles. The normalized spacial score (nSPS) is 13.2. The highest BCUT2D eigenvalue weighted by Crippen LogP contribution is 2.29. The Morgan fingerprint density at radius 1 is 1.25 bits per heavy atom. The first kappa shape index (κ1) is 19.1. The topological polar surface area (TPSA) is 32.3 Å². The molecule has 0 saturated heterocycles. The highest BCUT2D eigenvalue weighted by molar-refractivity contribution is 9.09. The molecule has 2 atom stereocenters. The van der Waals surface area contributed by atoms with Crippen molar-refractivity contribution in [3.05, 3.63) is 59.1 Å². The molecule has 2 aromatic carbocycles. The summed E-state index contributed by atoms with van der Waals surface area (Å²) in [5.41, 5.74) is 2.52. The van der Waals surface area contributed by atoms with Gasteiger partial charge in [0.2, 0.25) is 0 Å². The summed E-state index contributed by atoms with van der Waals surface area (Å²) in [6.07, 6.45) is 0. The zero-order valence-corrected chi connectivity index (χ0v) is 16.6.